The molecule has 1 aromatic carbocycles. The van der Waals surface area contributed by atoms with Crippen molar-refractivity contribution in [3.05, 3.63) is 50.5 Å². The second kappa shape index (κ2) is 6.87. The minimum atomic E-state index is -0.388. The number of nitrogens with zero attached hydrogens (tertiary/aromatic N) is 2. The van der Waals surface area contributed by atoms with Crippen LogP contribution in [0.1, 0.15) is 29.9 Å². The Morgan fingerprint density at radius 2 is 2.24 bits per heavy atom. The third-order valence-electron chi connectivity index (χ3n) is 3.38. The molecule has 0 saturated heterocycles. The zero-order valence-electron chi connectivity index (χ0n) is 11.8. The third kappa shape index (κ3) is 3.45. The number of hydrogen-bond donors (Lipinski definition) is 2. The number of aromatic nitrogens is 2. The molecule has 0 spiro atoms. The number of nitrogens with one attached hydrogen (secondary N) is 1. The quantitative estimate of drug-likeness (QED) is 0.621. The molecule has 2 aromatic rings. The van der Waals surface area contributed by atoms with Crippen molar-refractivity contribution >= 4 is 27.5 Å². The van der Waals surface area contributed by atoms with Crippen LogP contribution in [0.4, 0.5) is 4.39 Å². The highest BCUT2D eigenvalue weighted by Crippen LogP contribution is 2.28. The van der Waals surface area contributed by atoms with E-state index in [9.17, 15) is 4.39 Å². The smallest absolute Gasteiger partial charge is 0.128 e. The molecular weight excluding hydrogens is 359 g/mol. The van der Waals surface area contributed by atoms with E-state index in [0.717, 1.165) is 22.4 Å². The van der Waals surface area contributed by atoms with Gasteiger partial charge in [-0.3, -0.25) is 16.0 Å². The fourth-order valence-electron chi connectivity index (χ4n) is 2.30. The summed E-state index contributed by atoms with van der Waals surface area (Å²) in [5, 5.41) is 4.91. The molecule has 1 unspecified atom stereocenters. The first kappa shape index (κ1) is 16.4. The summed E-state index contributed by atoms with van der Waals surface area (Å²) in [6.07, 6.45) is 0.503. The highest BCUT2D eigenvalue weighted by molar-refractivity contribution is 9.10. The van der Waals surface area contributed by atoms with Crippen molar-refractivity contribution in [3.8, 4) is 0 Å². The van der Waals surface area contributed by atoms with Crippen molar-refractivity contribution in [1.82, 2.24) is 15.2 Å². The summed E-state index contributed by atoms with van der Waals surface area (Å²) >= 11 is 9.49. The summed E-state index contributed by atoms with van der Waals surface area (Å²) in [6, 6.07) is 4.07. The number of hydrogen-bond acceptors (Lipinski definition) is 3. The predicted octanol–water partition coefficient (Wildman–Crippen LogP) is 3.51. The van der Waals surface area contributed by atoms with E-state index in [1.165, 1.54) is 12.1 Å². The molecule has 114 valence electrons. The maximum atomic E-state index is 14.0. The molecule has 3 N–H and O–H groups in total. The number of benzene rings is 1. The van der Waals surface area contributed by atoms with Gasteiger partial charge in [-0.2, -0.15) is 5.10 Å². The number of hydrazine groups is 1. The minimum Gasteiger partial charge on any atom is -0.271 e. The minimum absolute atomic E-state index is 0.335. The third-order valence-corrected chi connectivity index (χ3v) is 4.65. The molecule has 2 rings (SSSR count). The molecule has 0 aliphatic carbocycles. The van der Waals surface area contributed by atoms with E-state index in [1.54, 1.807) is 6.07 Å². The predicted molar refractivity (Wildman–Crippen MR) is 85.5 cm³/mol. The lowest BCUT2D eigenvalue weighted by Gasteiger charge is -2.18. The van der Waals surface area contributed by atoms with Gasteiger partial charge in [-0.15, -0.1) is 0 Å². The van der Waals surface area contributed by atoms with Crippen molar-refractivity contribution < 1.29 is 4.39 Å². The van der Waals surface area contributed by atoms with Crippen LogP contribution in [0.15, 0.2) is 22.7 Å². The normalized spacial score (nSPS) is 12.7. The molecule has 1 aromatic heterocycles. The Labute approximate surface area is 136 Å². The van der Waals surface area contributed by atoms with E-state index in [1.807, 2.05) is 18.5 Å². The van der Waals surface area contributed by atoms with Gasteiger partial charge >= 0.3 is 0 Å². The molecule has 0 radical (unpaired) electrons. The van der Waals surface area contributed by atoms with Crippen LogP contribution in [0.25, 0.3) is 0 Å². The van der Waals surface area contributed by atoms with E-state index in [0.29, 0.717) is 17.0 Å². The Balaban J connectivity index is 2.38. The molecule has 21 heavy (non-hydrogen) atoms. The molecule has 0 aliphatic rings. The molecule has 0 saturated carbocycles. The summed E-state index contributed by atoms with van der Waals surface area (Å²) in [7, 11) is 0. The Bertz CT molecular complexity index is 644. The van der Waals surface area contributed by atoms with Crippen molar-refractivity contribution in [2.24, 2.45) is 5.84 Å². The summed E-state index contributed by atoms with van der Waals surface area (Å²) in [5.41, 5.74) is 4.97. The summed E-state index contributed by atoms with van der Waals surface area (Å²) < 4.78 is 16.8. The van der Waals surface area contributed by atoms with Gasteiger partial charge in [0, 0.05) is 23.6 Å². The molecular formula is C14H17BrClFN4. The highest BCUT2D eigenvalue weighted by atomic mass is 79.9. The zero-order valence-corrected chi connectivity index (χ0v) is 14.2. The van der Waals surface area contributed by atoms with E-state index >= 15 is 0 Å². The van der Waals surface area contributed by atoms with Gasteiger partial charge < -0.3 is 0 Å². The van der Waals surface area contributed by atoms with E-state index in [-0.39, 0.29) is 11.9 Å². The lowest BCUT2D eigenvalue weighted by Crippen LogP contribution is -2.31. The van der Waals surface area contributed by atoms with Crippen LogP contribution in [-0.2, 0) is 13.0 Å². The van der Waals surface area contributed by atoms with Crippen LogP contribution >= 0.6 is 27.5 Å². The summed E-state index contributed by atoms with van der Waals surface area (Å²) in [4.78, 5) is 0. The average Bonchev–Trinajstić information content (AvgIpc) is 2.74. The van der Waals surface area contributed by atoms with Crippen molar-refractivity contribution in [2.75, 3.05) is 0 Å². The van der Waals surface area contributed by atoms with Crippen LogP contribution in [0.5, 0.6) is 0 Å². The fraction of sp³-hybridized carbons (Fsp3) is 0.357. The van der Waals surface area contributed by atoms with Crippen LogP contribution in [0, 0.1) is 12.7 Å². The molecule has 1 heterocycles. The standard InChI is InChI=1S/C14H17BrClFN4/c1-3-21-13(14(15)8(2)20-21)7-12(19-18)10-6-9(16)4-5-11(10)17/h4-6,12,19H,3,7,18H2,1-2H3. The van der Waals surface area contributed by atoms with Crippen LogP contribution in [0.3, 0.4) is 0 Å². The van der Waals surface area contributed by atoms with E-state index < -0.39 is 0 Å². The Morgan fingerprint density at radius 1 is 1.52 bits per heavy atom. The van der Waals surface area contributed by atoms with Crippen molar-refractivity contribution in [3.63, 3.8) is 0 Å². The number of rotatable bonds is 5. The van der Waals surface area contributed by atoms with Gasteiger partial charge in [-0.25, -0.2) is 4.39 Å². The highest BCUT2D eigenvalue weighted by Gasteiger charge is 2.20. The number of halogens is 3. The fourth-order valence-corrected chi connectivity index (χ4v) is 2.92. The lowest BCUT2D eigenvalue weighted by molar-refractivity contribution is 0.489. The average molecular weight is 376 g/mol. The second-order valence-corrected chi connectivity index (χ2v) is 5.98. The van der Waals surface area contributed by atoms with Gasteiger partial charge in [-0.1, -0.05) is 11.6 Å². The monoisotopic (exact) mass is 374 g/mol. The van der Waals surface area contributed by atoms with Crippen molar-refractivity contribution in [1.29, 1.82) is 0 Å². The molecule has 0 aliphatic heterocycles. The van der Waals surface area contributed by atoms with Gasteiger partial charge in [0.1, 0.15) is 5.82 Å². The summed E-state index contributed by atoms with van der Waals surface area (Å²) in [5.74, 6) is 5.28. The molecule has 0 bridgehead atoms. The molecule has 0 fully saturated rings. The number of aryl methyl sites for hydroxylation is 2. The van der Waals surface area contributed by atoms with Crippen LogP contribution in [0.2, 0.25) is 5.02 Å². The van der Waals surface area contributed by atoms with Gasteiger partial charge in [0.15, 0.2) is 0 Å². The lowest BCUT2D eigenvalue weighted by atomic mass is 10.0. The van der Waals surface area contributed by atoms with Gasteiger partial charge in [0.25, 0.3) is 0 Å². The topological polar surface area (TPSA) is 55.9 Å². The van der Waals surface area contributed by atoms with Crippen molar-refractivity contribution in [2.45, 2.75) is 32.9 Å². The first-order chi connectivity index (χ1) is 9.97. The van der Waals surface area contributed by atoms with Gasteiger partial charge in [0.2, 0.25) is 0 Å². The summed E-state index contributed by atoms with van der Waals surface area (Å²) in [6.45, 7) is 4.66. The SMILES string of the molecule is CCn1nc(C)c(Br)c1CC(NN)c1cc(Cl)ccc1F. The van der Waals surface area contributed by atoms with Crippen LogP contribution in [-0.4, -0.2) is 9.78 Å². The maximum Gasteiger partial charge on any atom is 0.128 e. The second-order valence-electron chi connectivity index (χ2n) is 4.75. The Kier molecular flexibility index (Phi) is 5.37. The molecule has 1 atom stereocenters. The first-order valence-electron chi connectivity index (χ1n) is 6.60. The van der Waals surface area contributed by atoms with E-state index in [4.69, 9.17) is 17.4 Å². The Hall–Kier alpha value is -0.950. The van der Waals surface area contributed by atoms with E-state index in [2.05, 4.69) is 26.5 Å². The van der Waals surface area contributed by atoms with Gasteiger partial charge in [0.05, 0.1) is 21.9 Å². The maximum absolute atomic E-state index is 14.0. The number of nitrogens with two attached hydrogens (primary N) is 1. The zero-order chi connectivity index (χ0) is 15.6. The first-order valence-corrected chi connectivity index (χ1v) is 7.77. The van der Waals surface area contributed by atoms with Gasteiger partial charge in [-0.05, 0) is 48.0 Å². The molecule has 4 nitrogen and oxygen atoms in total. The van der Waals surface area contributed by atoms with Crippen LogP contribution < -0.4 is 11.3 Å². The Morgan fingerprint density at radius 3 is 2.86 bits per heavy atom. The molecule has 7 heteroatoms. The largest absolute Gasteiger partial charge is 0.271 e. The molecule has 0 amide bonds.